The summed E-state index contributed by atoms with van der Waals surface area (Å²) in [5.41, 5.74) is 7.65. The standard InChI is InChI=1S/C15H11ClN2O/c1-2-10-5-3-6-11(9-10)18-15(19)12-7-4-8-13(17)14(12)16/h1,3-9H,17H2,(H,18,19). The smallest absolute Gasteiger partial charge is 0.257 e. The van der Waals surface area contributed by atoms with E-state index < -0.39 is 0 Å². The first-order valence-electron chi connectivity index (χ1n) is 5.54. The van der Waals surface area contributed by atoms with Crippen LogP contribution < -0.4 is 11.1 Å². The number of rotatable bonds is 2. The number of anilines is 2. The van der Waals surface area contributed by atoms with Crippen molar-refractivity contribution in [1.29, 1.82) is 0 Å². The van der Waals surface area contributed by atoms with E-state index in [1.54, 1.807) is 42.5 Å². The molecule has 0 saturated heterocycles. The number of nitrogens with two attached hydrogens (primary N) is 1. The van der Waals surface area contributed by atoms with Gasteiger partial charge in [0.25, 0.3) is 5.91 Å². The lowest BCUT2D eigenvalue weighted by Crippen LogP contribution is -2.13. The van der Waals surface area contributed by atoms with Crippen molar-refractivity contribution in [2.45, 2.75) is 0 Å². The minimum atomic E-state index is -0.327. The van der Waals surface area contributed by atoms with E-state index in [2.05, 4.69) is 11.2 Å². The third kappa shape index (κ3) is 2.87. The van der Waals surface area contributed by atoms with Gasteiger partial charge in [-0.2, -0.15) is 0 Å². The van der Waals surface area contributed by atoms with Crippen LogP contribution in [-0.2, 0) is 0 Å². The topological polar surface area (TPSA) is 55.1 Å². The van der Waals surface area contributed by atoms with E-state index in [-0.39, 0.29) is 10.9 Å². The van der Waals surface area contributed by atoms with Gasteiger partial charge in [0, 0.05) is 11.3 Å². The summed E-state index contributed by atoms with van der Waals surface area (Å²) < 4.78 is 0. The molecule has 0 spiro atoms. The van der Waals surface area contributed by atoms with Crippen LogP contribution >= 0.6 is 11.6 Å². The number of carbonyl (C=O) groups is 1. The molecule has 0 fully saturated rings. The second-order valence-corrected chi connectivity index (χ2v) is 4.27. The number of nitrogens with one attached hydrogen (secondary N) is 1. The fraction of sp³-hybridized carbons (Fsp3) is 0. The molecule has 0 saturated carbocycles. The monoisotopic (exact) mass is 270 g/mol. The Morgan fingerprint density at radius 3 is 2.74 bits per heavy atom. The van der Waals surface area contributed by atoms with E-state index in [0.29, 0.717) is 22.5 Å². The van der Waals surface area contributed by atoms with E-state index in [4.69, 9.17) is 23.8 Å². The van der Waals surface area contributed by atoms with Crippen LogP contribution in [0, 0.1) is 12.3 Å². The first-order valence-corrected chi connectivity index (χ1v) is 5.91. The Morgan fingerprint density at radius 1 is 1.26 bits per heavy atom. The predicted molar refractivity (Wildman–Crippen MR) is 78.2 cm³/mol. The zero-order valence-electron chi connectivity index (χ0n) is 9.98. The molecule has 2 rings (SSSR count). The lowest BCUT2D eigenvalue weighted by atomic mass is 10.1. The largest absolute Gasteiger partial charge is 0.398 e. The number of hydrogen-bond donors (Lipinski definition) is 2. The van der Waals surface area contributed by atoms with Crippen molar-refractivity contribution in [3.63, 3.8) is 0 Å². The summed E-state index contributed by atoms with van der Waals surface area (Å²) in [5, 5.41) is 2.97. The summed E-state index contributed by atoms with van der Waals surface area (Å²) >= 11 is 5.99. The number of nitrogen functional groups attached to an aromatic ring is 1. The van der Waals surface area contributed by atoms with Crippen molar-refractivity contribution in [2.75, 3.05) is 11.1 Å². The molecule has 0 aliphatic rings. The number of benzene rings is 2. The fourth-order valence-electron chi connectivity index (χ4n) is 1.61. The minimum absolute atomic E-state index is 0.244. The van der Waals surface area contributed by atoms with Gasteiger partial charge in [0.05, 0.1) is 16.3 Å². The van der Waals surface area contributed by atoms with Crippen LogP contribution in [0.3, 0.4) is 0 Å². The van der Waals surface area contributed by atoms with E-state index in [0.717, 1.165) is 0 Å². The van der Waals surface area contributed by atoms with E-state index in [1.165, 1.54) is 0 Å². The zero-order chi connectivity index (χ0) is 13.8. The first kappa shape index (κ1) is 13.0. The van der Waals surface area contributed by atoms with Crippen LogP contribution in [0.15, 0.2) is 42.5 Å². The van der Waals surface area contributed by atoms with Crippen molar-refractivity contribution in [1.82, 2.24) is 0 Å². The van der Waals surface area contributed by atoms with Gasteiger partial charge in [0.2, 0.25) is 0 Å². The van der Waals surface area contributed by atoms with Gasteiger partial charge in [-0.05, 0) is 30.3 Å². The highest BCUT2D eigenvalue weighted by Gasteiger charge is 2.12. The van der Waals surface area contributed by atoms with Crippen molar-refractivity contribution in [3.05, 3.63) is 58.6 Å². The zero-order valence-corrected chi connectivity index (χ0v) is 10.7. The molecular formula is C15H11ClN2O. The Kier molecular flexibility index (Phi) is 3.74. The molecule has 0 aliphatic carbocycles. The molecule has 0 heterocycles. The summed E-state index contributed by atoms with van der Waals surface area (Å²) in [6, 6.07) is 11.9. The van der Waals surface area contributed by atoms with Crippen molar-refractivity contribution < 1.29 is 4.79 Å². The molecule has 0 radical (unpaired) electrons. The molecule has 4 heteroatoms. The molecule has 0 bridgehead atoms. The van der Waals surface area contributed by atoms with Crippen LogP contribution in [0.25, 0.3) is 0 Å². The quantitative estimate of drug-likeness (QED) is 0.651. The Labute approximate surface area is 116 Å². The minimum Gasteiger partial charge on any atom is -0.398 e. The molecule has 2 aromatic rings. The Hall–Kier alpha value is -2.44. The maximum Gasteiger partial charge on any atom is 0.257 e. The molecule has 3 nitrogen and oxygen atoms in total. The van der Waals surface area contributed by atoms with Crippen LogP contribution in [0.5, 0.6) is 0 Å². The summed E-state index contributed by atoms with van der Waals surface area (Å²) in [5.74, 6) is 2.18. The molecule has 1 amide bonds. The fourth-order valence-corrected chi connectivity index (χ4v) is 1.82. The number of hydrogen-bond acceptors (Lipinski definition) is 2. The number of carbonyl (C=O) groups excluding carboxylic acids is 1. The molecule has 0 aromatic heterocycles. The average Bonchev–Trinajstić information content (AvgIpc) is 2.42. The highest BCUT2D eigenvalue weighted by molar-refractivity contribution is 6.36. The number of amides is 1. The highest BCUT2D eigenvalue weighted by Crippen LogP contribution is 2.24. The van der Waals surface area contributed by atoms with Crippen molar-refractivity contribution in [3.8, 4) is 12.3 Å². The third-order valence-electron chi connectivity index (χ3n) is 2.56. The van der Waals surface area contributed by atoms with E-state index >= 15 is 0 Å². The van der Waals surface area contributed by atoms with Gasteiger partial charge in [0.15, 0.2) is 0 Å². The van der Waals surface area contributed by atoms with E-state index in [9.17, 15) is 4.79 Å². The molecule has 3 N–H and O–H groups in total. The molecular weight excluding hydrogens is 260 g/mol. The van der Waals surface area contributed by atoms with Gasteiger partial charge >= 0.3 is 0 Å². The molecule has 0 aliphatic heterocycles. The van der Waals surface area contributed by atoms with Gasteiger partial charge in [-0.3, -0.25) is 4.79 Å². The normalized spacial score (nSPS) is 9.68. The molecule has 19 heavy (non-hydrogen) atoms. The average molecular weight is 271 g/mol. The molecule has 0 atom stereocenters. The molecule has 0 unspecified atom stereocenters. The van der Waals surface area contributed by atoms with Crippen LogP contribution in [-0.4, -0.2) is 5.91 Å². The van der Waals surface area contributed by atoms with Gasteiger partial charge in [-0.1, -0.05) is 29.7 Å². The Morgan fingerprint density at radius 2 is 2.00 bits per heavy atom. The summed E-state index contributed by atoms with van der Waals surface area (Å²) in [4.78, 5) is 12.1. The third-order valence-corrected chi connectivity index (χ3v) is 2.98. The van der Waals surface area contributed by atoms with Crippen LogP contribution in [0.1, 0.15) is 15.9 Å². The second-order valence-electron chi connectivity index (χ2n) is 3.89. The second kappa shape index (κ2) is 5.47. The Bertz CT molecular complexity index is 674. The highest BCUT2D eigenvalue weighted by atomic mass is 35.5. The van der Waals surface area contributed by atoms with Crippen LogP contribution in [0.2, 0.25) is 5.02 Å². The maximum absolute atomic E-state index is 12.1. The van der Waals surface area contributed by atoms with Gasteiger partial charge in [0.1, 0.15) is 0 Å². The summed E-state index contributed by atoms with van der Waals surface area (Å²) in [7, 11) is 0. The maximum atomic E-state index is 12.1. The number of halogens is 1. The van der Waals surface area contributed by atoms with Gasteiger partial charge < -0.3 is 11.1 Å². The lowest BCUT2D eigenvalue weighted by molar-refractivity contribution is 0.102. The predicted octanol–water partition coefficient (Wildman–Crippen LogP) is 3.16. The van der Waals surface area contributed by atoms with Crippen LogP contribution in [0.4, 0.5) is 11.4 Å². The van der Waals surface area contributed by atoms with Gasteiger partial charge in [-0.15, -0.1) is 6.42 Å². The van der Waals surface area contributed by atoms with E-state index in [1.807, 2.05) is 0 Å². The molecule has 94 valence electrons. The first-order chi connectivity index (χ1) is 9.11. The Balaban J connectivity index is 2.26. The lowest BCUT2D eigenvalue weighted by Gasteiger charge is -2.08. The van der Waals surface area contributed by atoms with Gasteiger partial charge in [-0.25, -0.2) is 0 Å². The van der Waals surface area contributed by atoms with Crippen molar-refractivity contribution in [2.24, 2.45) is 0 Å². The summed E-state index contributed by atoms with van der Waals surface area (Å²) in [6.07, 6.45) is 5.30. The SMILES string of the molecule is C#Cc1cccc(NC(=O)c2cccc(N)c2Cl)c1. The molecule has 2 aromatic carbocycles. The van der Waals surface area contributed by atoms with Crippen molar-refractivity contribution >= 4 is 28.9 Å². The number of terminal acetylenes is 1. The summed E-state index contributed by atoms with van der Waals surface area (Å²) in [6.45, 7) is 0.